The molecule has 21 heavy (non-hydrogen) atoms. The smallest absolute Gasteiger partial charge is 0.0224 e. The molecule has 0 bridgehead atoms. The van der Waals surface area contributed by atoms with Gasteiger partial charge in [0.15, 0.2) is 0 Å². The molecule has 2 heteroatoms. The number of nitrogens with zero attached hydrogens (tertiary/aromatic N) is 1. The molecule has 1 saturated heterocycles. The average Bonchev–Trinajstić information content (AvgIpc) is 2.66. The highest BCUT2D eigenvalue weighted by atomic mass is 15.2. The predicted molar refractivity (Wildman–Crippen MR) is 91.5 cm³/mol. The molecule has 2 N–H and O–H groups in total. The van der Waals surface area contributed by atoms with Crippen molar-refractivity contribution in [3.8, 4) is 0 Å². The van der Waals surface area contributed by atoms with Crippen LogP contribution in [0.3, 0.4) is 0 Å². The number of benzene rings is 1. The molecule has 0 radical (unpaired) electrons. The lowest BCUT2D eigenvalue weighted by molar-refractivity contribution is 0.183. The van der Waals surface area contributed by atoms with Gasteiger partial charge in [0, 0.05) is 12.6 Å². The monoisotopic (exact) mass is 288 g/mol. The Balaban J connectivity index is 1.96. The maximum absolute atomic E-state index is 6.11. The SMILES string of the molecule is CC(CC(CN)N1CCCC(C)(C)CC1)c1ccccc1. The second-order valence-electron chi connectivity index (χ2n) is 7.49. The molecule has 1 fully saturated rings. The summed E-state index contributed by atoms with van der Waals surface area (Å²) >= 11 is 0. The molecule has 118 valence electrons. The Bertz CT molecular complexity index is 413. The lowest BCUT2D eigenvalue weighted by Gasteiger charge is -2.32. The van der Waals surface area contributed by atoms with Gasteiger partial charge in [-0.25, -0.2) is 0 Å². The zero-order chi connectivity index (χ0) is 15.3. The molecule has 2 atom stereocenters. The third kappa shape index (κ3) is 4.82. The maximum atomic E-state index is 6.11. The van der Waals surface area contributed by atoms with Crippen LogP contribution in [0.5, 0.6) is 0 Å². The highest BCUT2D eigenvalue weighted by Gasteiger charge is 2.27. The van der Waals surface area contributed by atoms with E-state index in [9.17, 15) is 0 Å². The summed E-state index contributed by atoms with van der Waals surface area (Å²) in [7, 11) is 0. The van der Waals surface area contributed by atoms with Crippen LogP contribution in [0.15, 0.2) is 30.3 Å². The first kappa shape index (κ1) is 16.5. The van der Waals surface area contributed by atoms with Gasteiger partial charge in [0.05, 0.1) is 0 Å². The molecular formula is C19H32N2. The van der Waals surface area contributed by atoms with Gasteiger partial charge in [0.1, 0.15) is 0 Å². The fourth-order valence-electron chi connectivity index (χ4n) is 3.53. The minimum atomic E-state index is 0.499. The zero-order valence-electron chi connectivity index (χ0n) is 14.0. The maximum Gasteiger partial charge on any atom is 0.0224 e. The minimum absolute atomic E-state index is 0.499. The van der Waals surface area contributed by atoms with Gasteiger partial charge in [0.2, 0.25) is 0 Å². The second kappa shape index (κ2) is 7.42. The van der Waals surface area contributed by atoms with Crippen molar-refractivity contribution in [1.82, 2.24) is 4.90 Å². The normalized spacial score (nSPS) is 22.5. The van der Waals surface area contributed by atoms with E-state index in [-0.39, 0.29) is 0 Å². The van der Waals surface area contributed by atoms with E-state index >= 15 is 0 Å². The number of rotatable bonds is 5. The largest absolute Gasteiger partial charge is 0.329 e. The van der Waals surface area contributed by atoms with E-state index in [4.69, 9.17) is 5.73 Å². The summed E-state index contributed by atoms with van der Waals surface area (Å²) in [6.07, 6.45) is 5.11. The first-order chi connectivity index (χ1) is 10.0. The fraction of sp³-hybridized carbons (Fsp3) is 0.684. The molecule has 1 aromatic rings. The Morgan fingerprint density at radius 2 is 1.86 bits per heavy atom. The third-order valence-electron chi connectivity index (χ3n) is 5.16. The van der Waals surface area contributed by atoms with Crippen molar-refractivity contribution in [3.63, 3.8) is 0 Å². The van der Waals surface area contributed by atoms with E-state index in [1.807, 2.05) is 0 Å². The van der Waals surface area contributed by atoms with Crippen LogP contribution in [0, 0.1) is 5.41 Å². The van der Waals surface area contributed by atoms with Crippen molar-refractivity contribution in [2.24, 2.45) is 11.1 Å². The van der Waals surface area contributed by atoms with Crippen molar-refractivity contribution >= 4 is 0 Å². The first-order valence-electron chi connectivity index (χ1n) is 8.51. The molecule has 0 aromatic heterocycles. The Morgan fingerprint density at radius 1 is 1.14 bits per heavy atom. The average molecular weight is 288 g/mol. The highest BCUT2D eigenvalue weighted by molar-refractivity contribution is 5.19. The van der Waals surface area contributed by atoms with Crippen LogP contribution in [0.2, 0.25) is 0 Å². The van der Waals surface area contributed by atoms with Crippen molar-refractivity contribution in [2.75, 3.05) is 19.6 Å². The Morgan fingerprint density at radius 3 is 2.52 bits per heavy atom. The molecule has 2 rings (SSSR count). The first-order valence-corrected chi connectivity index (χ1v) is 8.51. The van der Waals surface area contributed by atoms with Crippen LogP contribution in [-0.2, 0) is 0 Å². The molecule has 0 saturated carbocycles. The van der Waals surface area contributed by atoms with E-state index in [1.54, 1.807) is 0 Å². The Hall–Kier alpha value is -0.860. The lowest BCUT2D eigenvalue weighted by atomic mass is 9.85. The molecule has 2 unspecified atom stereocenters. The molecule has 1 aromatic carbocycles. The van der Waals surface area contributed by atoms with Gasteiger partial charge in [-0.05, 0) is 55.7 Å². The molecule has 1 aliphatic rings. The van der Waals surface area contributed by atoms with E-state index in [0.29, 0.717) is 17.4 Å². The quantitative estimate of drug-likeness (QED) is 0.886. The van der Waals surface area contributed by atoms with E-state index < -0.39 is 0 Å². The van der Waals surface area contributed by atoms with Crippen molar-refractivity contribution < 1.29 is 0 Å². The summed E-state index contributed by atoms with van der Waals surface area (Å²) in [6, 6.07) is 11.4. The van der Waals surface area contributed by atoms with Gasteiger partial charge < -0.3 is 5.73 Å². The number of nitrogens with two attached hydrogens (primary N) is 1. The van der Waals surface area contributed by atoms with Gasteiger partial charge in [-0.3, -0.25) is 4.90 Å². The summed E-state index contributed by atoms with van der Waals surface area (Å²) in [5.41, 5.74) is 8.04. The molecule has 0 spiro atoms. The van der Waals surface area contributed by atoms with Gasteiger partial charge in [-0.15, -0.1) is 0 Å². The zero-order valence-corrected chi connectivity index (χ0v) is 14.0. The van der Waals surface area contributed by atoms with E-state index in [0.717, 1.165) is 6.54 Å². The topological polar surface area (TPSA) is 29.3 Å². The molecule has 1 aliphatic heterocycles. The van der Waals surface area contributed by atoms with Crippen LogP contribution in [-0.4, -0.2) is 30.6 Å². The summed E-state index contributed by atoms with van der Waals surface area (Å²) < 4.78 is 0. The van der Waals surface area contributed by atoms with Gasteiger partial charge in [-0.1, -0.05) is 51.1 Å². The van der Waals surface area contributed by atoms with E-state index in [2.05, 4.69) is 56.0 Å². The van der Waals surface area contributed by atoms with Crippen molar-refractivity contribution in [2.45, 2.75) is 58.4 Å². The van der Waals surface area contributed by atoms with Gasteiger partial charge in [-0.2, -0.15) is 0 Å². The summed E-state index contributed by atoms with van der Waals surface area (Å²) in [6.45, 7) is 10.3. The Labute approximate surface area is 130 Å². The second-order valence-corrected chi connectivity index (χ2v) is 7.49. The van der Waals surface area contributed by atoms with Crippen molar-refractivity contribution in [1.29, 1.82) is 0 Å². The summed E-state index contributed by atoms with van der Waals surface area (Å²) in [5.74, 6) is 0.580. The van der Waals surface area contributed by atoms with Crippen LogP contribution >= 0.6 is 0 Å². The fourth-order valence-corrected chi connectivity index (χ4v) is 3.53. The lowest BCUT2D eigenvalue weighted by Crippen LogP contribution is -2.42. The summed E-state index contributed by atoms with van der Waals surface area (Å²) in [5, 5.41) is 0. The molecular weight excluding hydrogens is 256 g/mol. The molecule has 2 nitrogen and oxygen atoms in total. The van der Waals surface area contributed by atoms with Crippen LogP contribution in [0.1, 0.15) is 57.9 Å². The Kier molecular flexibility index (Phi) is 5.83. The molecule has 1 heterocycles. The number of hydrogen-bond donors (Lipinski definition) is 1. The number of hydrogen-bond acceptors (Lipinski definition) is 2. The molecule has 0 amide bonds. The molecule has 0 aliphatic carbocycles. The third-order valence-corrected chi connectivity index (χ3v) is 5.16. The summed E-state index contributed by atoms with van der Waals surface area (Å²) in [4.78, 5) is 2.65. The van der Waals surface area contributed by atoms with Crippen molar-refractivity contribution in [3.05, 3.63) is 35.9 Å². The van der Waals surface area contributed by atoms with Crippen LogP contribution < -0.4 is 5.73 Å². The van der Waals surface area contributed by atoms with E-state index in [1.165, 1.54) is 44.3 Å². The predicted octanol–water partition coefficient (Wildman–Crippen LogP) is 4.02. The number of likely N-dealkylation sites (tertiary alicyclic amines) is 1. The van der Waals surface area contributed by atoms with Crippen LogP contribution in [0.4, 0.5) is 0 Å². The minimum Gasteiger partial charge on any atom is -0.329 e. The van der Waals surface area contributed by atoms with Crippen LogP contribution in [0.25, 0.3) is 0 Å². The standard InChI is InChI=1S/C19H32N2/c1-16(17-8-5-4-6-9-17)14-18(15-20)21-12-7-10-19(2,3)11-13-21/h4-6,8-9,16,18H,7,10-15,20H2,1-3H3. The van der Waals surface area contributed by atoms with Gasteiger partial charge >= 0.3 is 0 Å². The van der Waals surface area contributed by atoms with Gasteiger partial charge in [0.25, 0.3) is 0 Å². The highest BCUT2D eigenvalue weighted by Crippen LogP contribution is 2.31.